The quantitative estimate of drug-likeness (QED) is 0.241. The molecule has 0 saturated carbocycles. The predicted octanol–water partition coefficient (Wildman–Crippen LogP) is 2.37. The smallest absolute Gasteiger partial charge is 0.248 e. The van der Waals surface area contributed by atoms with Crippen LogP contribution in [0.15, 0.2) is 73.2 Å². The molecule has 0 aliphatic carbocycles. The summed E-state index contributed by atoms with van der Waals surface area (Å²) >= 11 is 0. The second kappa shape index (κ2) is 14.6. The summed E-state index contributed by atoms with van der Waals surface area (Å²) in [7, 11) is 0. The SMILES string of the molecule is CC(C)(N)C(=O)N[C@H](CCCc1ccccc1)C(=O)Nc1cn(CC(=O)N2CCC[C@H]2C(=O)NCc2ccccc2)cn1. The zero-order valence-electron chi connectivity index (χ0n) is 24.8. The lowest BCUT2D eigenvalue weighted by Crippen LogP contribution is -2.54. The monoisotopic (exact) mass is 587 g/mol. The van der Waals surface area contributed by atoms with Crippen LogP contribution in [-0.4, -0.2) is 62.2 Å². The third kappa shape index (κ3) is 9.24. The van der Waals surface area contributed by atoms with Crippen molar-refractivity contribution < 1.29 is 19.2 Å². The molecule has 5 N–H and O–H groups in total. The fourth-order valence-electron chi connectivity index (χ4n) is 4.98. The summed E-state index contributed by atoms with van der Waals surface area (Å²) in [5.74, 6) is -0.975. The number of carbonyl (C=O) groups is 4. The molecule has 0 unspecified atom stereocenters. The van der Waals surface area contributed by atoms with Gasteiger partial charge in [0.2, 0.25) is 23.6 Å². The lowest BCUT2D eigenvalue weighted by atomic mass is 10.0. The minimum atomic E-state index is -1.15. The van der Waals surface area contributed by atoms with E-state index in [0.29, 0.717) is 32.4 Å². The molecule has 11 nitrogen and oxygen atoms in total. The van der Waals surface area contributed by atoms with Crippen molar-refractivity contribution in [1.29, 1.82) is 0 Å². The highest BCUT2D eigenvalue weighted by Gasteiger charge is 2.34. The van der Waals surface area contributed by atoms with Crippen LogP contribution < -0.4 is 21.7 Å². The van der Waals surface area contributed by atoms with E-state index in [1.807, 2.05) is 60.7 Å². The second-order valence-corrected chi connectivity index (χ2v) is 11.5. The maximum absolute atomic E-state index is 13.2. The molecule has 11 heteroatoms. The number of nitrogens with zero attached hydrogens (tertiary/aromatic N) is 3. The molecule has 3 aromatic rings. The second-order valence-electron chi connectivity index (χ2n) is 11.5. The van der Waals surface area contributed by atoms with Crippen LogP contribution >= 0.6 is 0 Å². The van der Waals surface area contributed by atoms with Crippen LogP contribution in [0.3, 0.4) is 0 Å². The number of rotatable bonds is 13. The van der Waals surface area contributed by atoms with Gasteiger partial charge in [-0.1, -0.05) is 60.7 Å². The van der Waals surface area contributed by atoms with Crippen molar-refractivity contribution in [2.75, 3.05) is 11.9 Å². The van der Waals surface area contributed by atoms with Crippen molar-refractivity contribution in [2.24, 2.45) is 5.73 Å². The lowest BCUT2D eigenvalue weighted by molar-refractivity contribution is -0.139. The van der Waals surface area contributed by atoms with E-state index in [1.165, 1.54) is 6.33 Å². The molecule has 2 heterocycles. The van der Waals surface area contributed by atoms with Crippen LogP contribution in [0, 0.1) is 0 Å². The number of carbonyl (C=O) groups excluding carboxylic acids is 4. The number of benzene rings is 2. The molecule has 4 rings (SSSR count). The van der Waals surface area contributed by atoms with Crippen molar-refractivity contribution in [3.05, 3.63) is 84.3 Å². The minimum Gasteiger partial charge on any atom is -0.350 e. The first-order valence-corrected chi connectivity index (χ1v) is 14.7. The van der Waals surface area contributed by atoms with Gasteiger partial charge >= 0.3 is 0 Å². The van der Waals surface area contributed by atoms with E-state index in [-0.39, 0.29) is 24.2 Å². The Morgan fingerprint density at radius 2 is 1.70 bits per heavy atom. The zero-order chi connectivity index (χ0) is 30.8. The van der Waals surface area contributed by atoms with Crippen LogP contribution in [0.2, 0.25) is 0 Å². The first-order valence-electron chi connectivity index (χ1n) is 14.7. The van der Waals surface area contributed by atoms with Crippen LogP contribution in [-0.2, 0) is 38.7 Å². The Labute approximate surface area is 252 Å². The van der Waals surface area contributed by atoms with Gasteiger partial charge in [0.05, 0.1) is 11.9 Å². The molecule has 1 aromatic heterocycles. The highest BCUT2D eigenvalue weighted by atomic mass is 16.2. The summed E-state index contributed by atoms with van der Waals surface area (Å²) in [6.45, 7) is 4.04. The van der Waals surface area contributed by atoms with Gasteiger partial charge < -0.3 is 31.2 Å². The molecule has 4 amide bonds. The topological polar surface area (TPSA) is 151 Å². The maximum Gasteiger partial charge on any atom is 0.248 e. The molecule has 2 atom stereocenters. The number of aromatic nitrogens is 2. The highest BCUT2D eigenvalue weighted by molar-refractivity contribution is 5.97. The Balaban J connectivity index is 1.32. The number of nitrogens with one attached hydrogen (secondary N) is 3. The largest absolute Gasteiger partial charge is 0.350 e. The van der Waals surface area contributed by atoms with Gasteiger partial charge in [-0.05, 0) is 57.1 Å². The molecule has 1 saturated heterocycles. The van der Waals surface area contributed by atoms with Gasteiger partial charge in [0.15, 0.2) is 5.82 Å². The van der Waals surface area contributed by atoms with E-state index in [9.17, 15) is 19.2 Å². The summed E-state index contributed by atoms with van der Waals surface area (Å²) < 4.78 is 1.57. The maximum atomic E-state index is 13.2. The van der Waals surface area contributed by atoms with Gasteiger partial charge in [-0.15, -0.1) is 0 Å². The van der Waals surface area contributed by atoms with Crippen LogP contribution in [0.5, 0.6) is 0 Å². The van der Waals surface area contributed by atoms with Crippen molar-refractivity contribution in [2.45, 2.75) is 76.7 Å². The fourth-order valence-corrected chi connectivity index (χ4v) is 4.98. The van der Waals surface area contributed by atoms with E-state index in [1.54, 1.807) is 29.5 Å². The number of aryl methyl sites for hydroxylation is 1. The molecule has 43 heavy (non-hydrogen) atoms. The average molecular weight is 588 g/mol. The van der Waals surface area contributed by atoms with Crippen molar-refractivity contribution in [3.8, 4) is 0 Å². The summed E-state index contributed by atoms with van der Waals surface area (Å²) in [5, 5.41) is 8.46. The molecule has 1 aliphatic rings. The van der Waals surface area contributed by atoms with Crippen molar-refractivity contribution in [3.63, 3.8) is 0 Å². The first kappa shape index (κ1) is 31.4. The summed E-state index contributed by atoms with van der Waals surface area (Å²) in [5.41, 5.74) is 6.94. The Morgan fingerprint density at radius 1 is 1.02 bits per heavy atom. The molecule has 0 bridgehead atoms. The Kier molecular flexibility index (Phi) is 10.7. The Morgan fingerprint density at radius 3 is 2.37 bits per heavy atom. The number of imidazole rings is 1. The summed E-state index contributed by atoms with van der Waals surface area (Å²) in [6.07, 6.45) is 6.21. The van der Waals surface area contributed by atoms with Gasteiger partial charge in [0.1, 0.15) is 18.6 Å². The van der Waals surface area contributed by atoms with Gasteiger partial charge in [0.25, 0.3) is 0 Å². The number of nitrogens with two attached hydrogens (primary N) is 1. The minimum absolute atomic E-state index is 0.0239. The van der Waals surface area contributed by atoms with Gasteiger partial charge in [-0.25, -0.2) is 4.98 Å². The number of hydrogen-bond acceptors (Lipinski definition) is 6. The average Bonchev–Trinajstić information content (AvgIpc) is 3.66. The van der Waals surface area contributed by atoms with E-state index < -0.39 is 29.4 Å². The van der Waals surface area contributed by atoms with Crippen molar-refractivity contribution in [1.82, 2.24) is 25.1 Å². The molecular formula is C32H41N7O4. The van der Waals surface area contributed by atoms with Gasteiger partial charge in [-0.3, -0.25) is 19.2 Å². The Hall–Kier alpha value is -4.51. The predicted molar refractivity (Wildman–Crippen MR) is 163 cm³/mol. The standard InChI is InChI=1S/C32H41N7O4/c1-32(2,33)31(43)36-25(16-9-15-23-11-5-3-6-12-23)29(41)37-27-20-38(22-35-27)21-28(40)39-18-10-17-26(39)30(42)34-19-24-13-7-4-8-14-24/h3-8,11-14,20,22,25-26H,9-10,15-19,21,33H2,1-2H3,(H,34,42)(H,36,43)(H,37,41)/t25-,26+/m1/s1. The molecule has 0 radical (unpaired) electrons. The van der Waals surface area contributed by atoms with Crippen LogP contribution in [0.1, 0.15) is 50.7 Å². The number of amides is 4. The number of hydrogen-bond donors (Lipinski definition) is 4. The van der Waals surface area contributed by atoms with Crippen LogP contribution in [0.25, 0.3) is 0 Å². The third-order valence-corrected chi connectivity index (χ3v) is 7.40. The first-order chi connectivity index (χ1) is 20.6. The van der Waals surface area contributed by atoms with E-state index in [0.717, 1.165) is 24.0 Å². The molecule has 1 fully saturated rings. The lowest BCUT2D eigenvalue weighted by Gasteiger charge is -2.24. The van der Waals surface area contributed by atoms with Crippen LogP contribution in [0.4, 0.5) is 5.82 Å². The molecule has 1 aliphatic heterocycles. The molecule has 0 spiro atoms. The fraction of sp³-hybridized carbons (Fsp3) is 0.406. The van der Waals surface area contributed by atoms with E-state index >= 15 is 0 Å². The van der Waals surface area contributed by atoms with Crippen molar-refractivity contribution >= 4 is 29.4 Å². The summed E-state index contributed by atoms with van der Waals surface area (Å²) in [6, 6.07) is 18.2. The summed E-state index contributed by atoms with van der Waals surface area (Å²) in [4.78, 5) is 57.6. The van der Waals surface area contributed by atoms with E-state index in [2.05, 4.69) is 20.9 Å². The molecule has 228 valence electrons. The van der Waals surface area contributed by atoms with E-state index in [4.69, 9.17) is 5.73 Å². The Bertz CT molecular complexity index is 1390. The number of likely N-dealkylation sites (tertiary alicyclic amines) is 1. The van der Waals surface area contributed by atoms with Gasteiger partial charge in [-0.2, -0.15) is 0 Å². The molecular weight excluding hydrogens is 546 g/mol. The highest BCUT2D eigenvalue weighted by Crippen LogP contribution is 2.19. The molecule has 2 aromatic carbocycles. The zero-order valence-corrected chi connectivity index (χ0v) is 24.8. The number of anilines is 1. The normalized spacial score (nSPS) is 15.5. The third-order valence-electron chi connectivity index (χ3n) is 7.40. The van der Waals surface area contributed by atoms with Gasteiger partial charge in [0, 0.05) is 19.3 Å².